The van der Waals surface area contributed by atoms with Gasteiger partial charge in [-0.25, -0.2) is 0 Å². The molecule has 1 heterocycles. The molecule has 6 heteroatoms. The van der Waals surface area contributed by atoms with Crippen LogP contribution in [0.5, 0.6) is 0 Å². The van der Waals surface area contributed by atoms with Gasteiger partial charge in [-0.2, -0.15) is 11.8 Å². The molecule has 1 aliphatic heterocycles. The maximum atomic E-state index is 12.0. The molecule has 1 unspecified atom stereocenters. The Morgan fingerprint density at radius 1 is 1.47 bits per heavy atom. The molecule has 110 valence electrons. The van der Waals surface area contributed by atoms with Crippen LogP contribution in [0.4, 0.5) is 0 Å². The van der Waals surface area contributed by atoms with Crippen LogP contribution in [0.1, 0.15) is 26.2 Å². The largest absolute Gasteiger partial charge is 0.355 e. The zero-order valence-electron chi connectivity index (χ0n) is 11.7. The third-order valence-electron chi connectivity index (χ3n) is 3.16. The molecule has 1 fully saturated rings. The normalized spacial score (nSPS) is 19.3. The lowest BCUT2D eigenvalue weighted by Crippen LogP contribution is -2.46. The fourth-order valence-corrected chi connectivity index (χ4v) is 2.94. The predicted octanol–water partition coefficient (Wildman–Crippen LogP) is 0.443. The van der Waals surface area contributed by atoms with Crippen molar-refractivity contribution in [2.75, 3.05) is 37.7 Å². The third-order valence-corrected chi connectivity index (χ3v) is 4.31. The number of amides is 2. The Labute approximate surface area is 119 Å². The van der Waals surface area contributed by atoms with Crippen LogP contribution >= 0.6 is 11.8 Å². The van der Waals surface area contributed by atoms with Crippen LogP contribution in [0.2, 0.25) is 0 Å². The molecular formula is C13H25N3O2S. The summed E-state index contributed by atoms with van der Waals surface area (Å²) < 4.78 is 0. The number of nitrogens with two attached hydrogens (primary N) is 1. The van der Waals surface area contributed by atoms with Crippen molar-refractivity contribution < 1.29 is 9.59 Å². The molecule has 0 spiro atoms. The summed E-state index contributed by atoms with van der Waals surface area (Å²) in [5.41, 5.74) is 5.37. The highest BCUT2D eigenvalue weighted by molar-refractivity contribution is 7.99. The molecule has 2 amide bonds. The van der Waals surface area contributed by atoms with Crippen molar-refractivity contribution in [1.82, 2.24) is 10.2 Å². The molecule has 0 bridgehead atoms. The molecular weight excluding hydrogens is 262 g/mol. The summed E-state index contributed by atoms with van der Waals surface area (Å²) in [5.74, 6) is 1.67. The van der Waals surface area contributed by atoms with Gasteiger partial charge in [-0.15, -0.1) is 0 Å². The number of hydrogen-bond donors (Lipinski definition) is 2. The summed E-state index contributed by atoms with van der Waals surface area (Å²) in [4.78, 5) is 25.7. The quantitative estimate of drug-likeness (QED) is 0.666. The number of likely N-dealkylation sites (tertiary alicyclic amines) is 1. The highest BCUT2D eigenvalue weighted by Gasteiger charge is 2.27. The number of rotatable bonds is 7. The van der Waals surface area contributed by atoms with E-state index in [1.165, 1.54) is 0 Å². The molecule has 3 N–H and O–H groups in total. The van der Waals surface area contributed by atoms with E-state index in [0.717, 1.165) is 31.6 Å². The number of nitrogens with zero attached hydrogens (tertiary/aromatic N) is 1. The SMILES string of the molecule is CCCSCC(=O)N1CCCC(C(=O)NCCN)C1. The fourth-order valence-electron chi connectivity index (χ4n) is 2.15. The van der Waals surface area contributed by atoms with E-state index in [2.05, 4.69) is 12.2 Å². The molecule has 0 aromatic heterocycles. The maximum absolute atomic E-state index is 12.0. The molecule has 0 saturated carbocycles. The average Bonchev–Trinajstić information content (AvgIpc) is 2.45. The minimum atomic E-state index is -0.0691. The van der Waals surface area contributed by atoms with E-state index in [9.17, 15) is 9.59 Å². The van der Waals surface area contributed by atoms with Gasteiger partial charge in [0.05, 0.1) is 11.7 Å². The van der Waals surface area contributed by atoms with Crippen molar-refractivity contribution in [1.29, 1.82) is 0 Å². The monoisotopic (exact) mass is 287 g/mol. The zero-order valence-corrected chi connectivity index (χ0v) is 12.5. The number of hydrogen-bond acceptors (Lipinski definition) is 4. The maximum Gasteiger partial charge on any atom is 0.232 e. The smallest absolute Gasteiger partial charge is 0.232 e. The van der Waals surface area contributed by atoms with E-state index in [4.69, 9.17) is 5.73 Å². The highest BCUT2D eigenvalue weighted by atomic mass is 32.2. The summed E-state index contributed by atoms with van der Waals surface area (Å²) in [6.45, 7) is 4.41. The first-order valence-corrected chi connectivity index (χ1v) is 8.17. The molecule has 0 aromatic carbocycles. The van der Waals surface area contributed by atoms with Gasteiger partial charge in [-0.3, -0.25) is 9.59 Å². The molecule has 0 radical (unpaired) electrons. The van der Waals surface area contributed by atoms with E-state index >= 15 is 0 Å². The first-order valence-electron chi connectivity index (χ1n) is 7.02. The molecule has 19 heavy (non-hydrogen) atoms. The lowest BCUT2D eigenvalue weighted by Gasteiger charge is -2.32. The van der Waals surface area contributed by atoms with Crippen LogP contribution in [0.15, 0.2) is 0 Å². The van der Waals surface area contributed by atoms with E-state index in [1.54, 1.807) is 11.8 Å². The van der Waals surface area contributed by atoms with Crippen LogP contribution in [0, 0.1) is 5.92 Å². The Bertz CT molecular complexity index is 300. The van der Waals surface area contributed by atoms with Crippen molar-refractivity contribution >= 4 is 23.6 Å². The number of carbonyl (C=O) groups is 2. The van der Waals surface area contributed by atoms with Crippen LogP contribution < -0.4 is 11.1 Å². The second kappa shape index (κ2) is 9.20. The highest BCUT2D eigenvalue weighted by Crippen LogP contribution is 2.17. The Kier molecular flexibility index (Phi) is 7.90. The van der Waals surface area contributed by atoms with Gasteiger partial charge in [0.15, 0.2) is 0 Å². The van der Waals surface area contributed by atoms with Gasteiger partial charge >= 0.3 is 0 Å². The van der Waals surface area contributed by atoms with Crippen molar-refractivity contribution in [3.05, 3.63) is 0 Å². The van der Waals surface area contributed by atoms with Gasteiger partial charge in [0.1, 0.15) is 0 Å². The van der Waals surface area contributed by atoms with Gasteiger partial charge < -0.3 is 16.0 Å². The summed E-state index contributed by atoms with van der Waals surface area (Å²) in [6.07, 6.45) is 2.86. The molecule has 1 atom stereocenters. The summed E-state index contributed by atoms with van der Waals surface area (Å²) in [6, 6.07) is 0. The number of carbonyl (C=O) groups excluding carboxylic acids is 2. The molecule has 1 saturated heterocycles. The number of nitrogens with one attached hydrogen (secondary N) is 1. The number of piperidine rings is 1. The average molecular weight is 287 g/mol. The summed E-state index contributed by atoms with van der Waals surface area (Å²) in [5, 5.41) is 2.81. The van der Waals surface area contributed by atoms with E-state index in [0.29, 0.717) is 25.4 Å². The lowest BCUT2D eigenvalue weighted by molar-refractivity contribution is -0.133. The van der Waals surface area contributed by atoms with Crippen LogP contribution in [0.25, 0.3) is 0 Å². The van der Waals surface area contributed by atoms with Crippen molar-refractivity contribution in [2.45, 2.75) is 26.2 Å². The Morgan fingerprint density at radius 3 is 2.95 bits per heavy atom. The van der Waals surface area contributed by atoms with Crippen molar-refractivity contribution in [3.63, 3.8) is 0 Å². The van der Waals surface area contributed by atoms with Gasteiger partial charge in [0.25, 0.3) is 0 Å². The Hall–Kier alpha value is -0.750. The fraction of sp³-hybridized carbons (Fsp3) is 0.846. The van der Waals surface area contributed by atoms with E-state index in [1.807, 2.05) is 4.90 Å². The van der Waals surface area contributed by atoms with Crippen LogP contribution in [-0.2, 0) is 9.59 Å². The second-order valence-corrected chi connectivity index (χ2v) is 5.92. The molecule has 5 nitrogen and oxygen atoms in total. The minimum Gasteiger partial charge on any atom is -0.355 e. The predicted molar refractivity (Wildman–Crippen MR) is 79.0 cm³/mol. The number of thioether (sulfide) groups is 1. The van der Waals surface area contributed by atoms with Gasteiger partial charge in [-0.05, 0) is 25.0 Å². The van der Waals surface area contributed by atoms with Crippen molar-refractivity contribution in [3.8, 4) is 0 Å². The first kappa shape index (κ1) is 16.3. The molecule has 0 aromatic rings. The Balaban J connectivity index is 2.36. The first-order chi connectivity index (χ1) is 9.19. The molecule has 1 rings (SSSR count). The van der Waals surface area contributed by atoms with E-state index < -0.39 is 0 Å². The van der Waals surface area contributed by atoms with Crippen molar-refractivity contribution in [2.24, 2.45) is 11.7 Å². The Morgan fingerprint density at radius 2 is 2.26 bits per heavy atom. The van der Waals surface area contributed by atoms with Gasteiger partial charge in [0, 0.05) is 26.2 Å². The molecule has 0 aliphatic carbocycles. The summed E-state index contributed by atoms with van der Waals surface area (Å²) >= 11 is 1.67. The topological polar surface area (TPSA) is 75.4 Å². The van der Waals surface area contributed by atoms with Gasteiger partial charge in [-0.1, -0.05) is 6.92 Å². The van der Waals surface area contributed by atoms with Crippen LogP contribution in [-0.4, -0.2) is 54.4 Å². The minimum absolute atomic E-state index is 0.0316. The van der Waals surface area contributed by atoms with E-state index in [-0.39, 0.29) is 17.7 Å². The lowest BCUT2D eigenvalue weighted by atomic mass is 9.97. The molecule has 1 aliphatic rings. The zero-order chi connectivity index (χ0) is 14.1. The third kappa shape index (κ3) is 5.82. The van der Waals surface area contributed by atoms with Crippen LogP contribution in [0.3, 0.4) is 0 Å². The standard InChI is InChI=1S/C13H25N3O2S/c1-2-8-19-10-12(17)16-7-3-4-11(9-16)13(18)15-6-5-14/h11H,2-10,14H2,1H3,(H,15,18). The van der Waals surface area contributed by atoms with Gasteiger partial charge in [0.2, 0.25) is 11.8 Å². The second-order valence-electron chi connectivity index (χ2n) is 4.81. The summed E-state index contributed by atoms with van der Waals surface area (Å²) in [7, 11) is 0.